The second-order valence-corrected chi connectivity index (χ2v) is 4.17. The van der Waals surface area contributed by atoms with E-state index >= 15 is 0 Å². The third-order valence-electron chi connectivity index (χ3n) is 2.81. The first-order chi connectivity index (χ1) is 9.20. The lowest BCUT2D eigenvalue weighted by molar-refractivity contribution is 0.390. The summed E-state index contributed by atoms with van der Waals surface area (Å²) < 4.78 is 5.77. The van der Waals surface area contributed by atoms with Crippen LogP contribution in [-0.2, 0) is 0 Å². The molecule has 2 N–H and O–H groups in total. The van der Waals surface area contributed by atoms with Crippen molar-refractivity contribution in [2.24, 2.45) is 0 Å². The molecule has 0 saturated heterocycles. The maximum absolute atomic E-state index is 9.44. The van der Waals surface area contributed by atoms with Gasteiger partial charge in [0, 0.05) is 18.7 Å². The van der Waals surface area contributed by atoms with E-state index in [1.54, 1.807) is 24.3 Å². The number of nitrogens with one attached hydrogen (secondary N) is 1. The van der Waals surface area contributed by atoms with Gasteiger partial charge in [-0.05, 0) is 24.6 Å². The molecule has 0 spiro atoms. The molecule has 0 aromatic heterocycles. The first kappa shape index (κ1) is 13.0. The van der Waals surface area contributed by atoms with Gasteiger partial charge < -0.3 is 15.2 Å². The van der Waals surface area contributed by atoms with Gasteiger partial charge in [0.25, 0.3) is 0 Å². The van der Waals surface area contributed by atoms with Crippen molar-refractivity contribution in [2.75, 3.05) is 7.05 Å². The van der Waals surface area contributed by atoms with E-state index in [-0.39, 0.29) is 5.75 Å². The third-order valence-corrected chi connectivity index (χ3v) is 2.81. The summed E-state index contributed by atoms with van der Waals surface area (Å²) >= 11 is 0. The minimum atomic E-state index is 0.185. The normalized spacial score (nSPS) is 11.7. The molecule has 19 heavy (non-hydrogen) atoms. The first-order valence-electron chi connectivity index (χ1n) is 6.11. The fraction of sp³-hybridized carbons (Fsp3) is 0.125. The maximum atomic E-state index is 9.44. The quantitative estimate of drug-likeness (QED) is 0.823. The summed E-state index contributed by atoms with van der Waals surface area (Å²) in [5.41, 5.74) is 2.10. The predicted octanol–water partition coefficient (Wildman–Crippen LogP) is 3.38. The highest BCUT2D eigenvalue weighted by molar-refractivity contribution is 5.65. The molecule has 2 aromatic rings. The first-order valence-corrected chi connectivity index (χ1v) is 6.11. The van der Waals surface area contributed by atoms with Crippen LogP contribution in [0.3, 0.4) is 0 Å². The summed E-state index contributed by atoms with van der Waals surface area (Å²) in [6, 6.07) is 16.7. The van der Waals surface area contributed by atoms with Gasteiger partial charge in [-0.25, -0.2) is 0 Å². The molecule has 2 rings (SSSR count). The Hall–Kier alpha value is -2.42. The molecule has 98 valence electrons. The summed E-state index contributed by atoms with van der Waals surface area (Å²) in [6.45, 7) is 1.99. The molecular formula is C16H17NO2. The van der Waals surface area contributed by atoms with Gasteiger partial charge in [-0.1, -0.05) is 36.4 Å². The molecule has 0 saturated carbocycles. The summed E-state index contributed by atoms with van der Waals surface area (Å²) in [5, 5.41) is 12.5. The van der Waals surface area contributed by atoms with E-state index in [1.807, 2.05) is 44.3 Å². The molecule has 0 aliphatic heterocycles. The zero-order valence-corrected chi connectivity index (χ0v) is 11.1. The van der Waals surface area contributed by atoms with E-state index in [0.29, 0.717) is 11.6 Å². The van der Waals surface area contributed by atoms with Crippen LogP contribution in [0.15, 0.2) is 60.5 Å². The molecule has 0 unspecified atom stereocenters. The Kier molecular flexibility index (Phi) is 4.08. The molecule has 0 aliphatic rings. The van der Waals surface area contributed by atoms with Crippen LogP contribution in [0.5, 0.6) is 11.5 Å². The van der Waals surface area contributed by atoms with Gasteiger partial charge >= 0.3 is 0 Å². The second-order valence-electron chi connectivity index (χ2n) is 4.17. The predicted molar refractivity (Wildman–Crippen MR) is 76.8 cm³/mol. The van der Waals surface area contributed by atoms with Gasteiger partial charge in [0.15, 0.2) is 5.88 Å². The fourth-order valence-corrected chi connectivity index (χ4v) is 1.80. The fourth-order valence-electron chi connectivity index (χ4n) is 1.80. The Morgan fingerprint density at radius 2 is 1.79 bits per heavy atom. The Morgan fingerprint density at radius 1 is 1.05 bits per heavy atom. The van der Waals surface area contributed by atoms with Crippen molar-refractivity contribution in [2.45, 2.75) is 6.92 Å². The number of rotatable bonds is 4. The molecule has 3 nitrogen and oxygen atoms in total. The third kappa shape index (κ3) is 3.28. The zero-order chi connectivity index (χ0) is 13.7. The van der Waals surface area contributed by atoms with E-state index in [1.165, 1.54) is 0 Å². The largest absolute Gasteiger partial charge is 0.508 e. The summed E-state index contributed by atoms with van der Waals surface area (Å²) in [7, 11) is 1.81. The Morgan fingerprint density at radius 3 is 2.42 bits per heavy atom. The van der Waals surface area contributed by atoms with Crippen molar-refractivity contribution < 1.29 is 9.84 Å². The smallest absolute Gasteiger partial charge is 0.196 e. The molecular weight excluding hydrogens is 238 g/mol. The number of hydrogen-bond acceptors (Lipinski definition) is 3. The average Bonchev–Trinajstić information content (AvgIpc) is 2.45. The standard InChI is InChI=1S/C16H17NO2/c1-12(13-7-4-3-5-8-13)16(17-2)19-15-10-6-9-14(18)11-15/h3-11,17-18H,1-2H3/b16-12+. The maximum Gasteiger partial charge on any atom is 0.196 e. The number of phenolic OH excluding ortho intramolecular Hbond substituents is 1. The van der Waals surface area contributed by atoms with Gasteiger partial charge in [-0.15, -0.1) is 0 Å². The number of hydrogen-bond donors (Lipinski definition) is 2. The van der Waals surface area contributed by atoms with Crippen molar-refractivity contribution in [3.8, 4) is 11.5 Å². The minimum Gasteiger partial charge on any atom is -0.508 e. The topological polar surface area (TPSA) is 41.5 Å². The molecule has 0 amide bonds. The van der Waals surface area contributed by atoms with Gasteiger partial charge in [0.05, 0.1) is 0 Å². The molecule has 0 atom stereocenters. The summed E-state index contributed by atoms with van der Waals surface area (Å²) in [5.74, 6) is 1.45. The van der Waals surface area contributed by atoms with E-state index in [9.17, 15) is 5.11 Å². The Bertz CT molecular complexity index is 576. The van der Waals surface area contributed by atoms with Crippen LogP contribution in [0, 0.1) is 0 Å². The van der Waals surface area contributed by atoms with Crippen LogP contribution in [-0.4, -0.2) is 12.2 Å². The number of aromatic hydroxyl groups is 1. The highest BCUT2D eigenvalue weighted by atomic mass is 16.5. The second kappa shape index (κ2) is 5.96. The van der Waals surface area contributed by atoms with E-state index in [0.717, 1.165) is 11.1 Å². The molecule has 0 heterocycles. The van der Waals surface area contributed by atoms with Gasteiger partial charge in [0.2, 0.25) is 0 Å². The van der Waals surface area contributed by atoms with Crippen LogP contribution in [0.25, 0.3) is 5.57 Å². The van der Waals surface area contributed by atoms with Crippen LogP contribution in [0.1, 0.15) is 12.5 Å². The highest BCUT2D eigenvalue weighted by Gasteiger charge is 2.06. The average molecular weight is 255 g/mol. The minimum absolute atomic E-state index is 0.185. The van der Waals surface area contributed by atoms with Crippen molar-refractivity contribution in [1.82, 2.24) is 5.32 Å². The van der Waals surface area contributed by atoms with Crippen molar-refractivity contribution >= 4 is 5.57 Å². The molecule has 0 aliphatic carbocycles. The highest BCUT2D eigenvalue weighted by Crippen LogP contribution is 2.23. The number of ether oxygens (including phenoxy) is 1. The van der Waals surface area contributed by atoms with E-state index in [4.69, 9.17) is 4.74 Å². The lowest BCUT2D eigenvalue weighted by Crippen LogP contribution is -2.14. The lowest BCUT2D eigenvalue weighted by Gasteiger charge is -2.13. The van der Waals surface area contributed by atoms with Crippen molar-refractivity contribution in [1.29, 1.82) is 0 Å². The van der Waals surface area contributed by atoms with Crippen molar-refractivity contribution in [3.05, 3.63) is 66.0 Å². The molecule has 3 heteroatoms. The van der Waals surface area contributed by atoms with Crippen LogP contribution in [0.2, 0.25) is 0 Å². The van der Waals surface area contributed by atoms with Gasteiger partial charge in [-0.2, -0.15) is 0 Å². The molecule has 2 aromatic carbocycles. The number of benzene rings is 2. The molecule has 0 bridgehead atoms. The molecule has 0 radical (unpaired) electrons. The summed E-state index contributed by atoms with van der Waals surface area (Å²) in [6.07, 6.45) is 0. The van der Waals surface area contributed by atoms with Gasteiger partial charge in [-0.3, -0.25) is 0 Å². The Balaban J connectivity index is 2.29. The van der Waals surface area contributed by atoms with Gasteiger partial charge in [0.1, 0.15) is 11.5 Å². The molecule has 0 fully saturated rings. The SMILES string of the molecule is CN/C(Oc1cccc(O)c1)=C(/C)c1ccccc1. The van der Waals surface area contributed by atoms with Crippen molar-refractivity contribution in [3.63, 3.8) is 0 Å². The number of allylic oxidation sites excluding steroid dienone is 1. The van der Waals surface area contributed by atoms with Crippen LogP contribution in [0.4, 0.5) is 0 Å². The van der Waals surface area contributed by atoms with Crippen LogP contribution < -0.4 is 10.1 Å². The summed E-state index contributed by atoms with van der Waals surface area (Å²) in [4.78, 5) is 0. The van der Waals surface area contributed by atoms with Crippen LogP contribution >= 0.6 is 0 Å². The lowest BCUT2D eigenvalue weighted by atomic mass is 10.1. The zero-order valence-electron chi connectivity index (χ0n) is 11.1. The number of phenols is 1. The van der Waals surface area contributed by atoms with E-state index in [2.05, 4.69) is 5.32 Å². The van der Waals surface area contributed by atoms with E-state index < -0.39 is 0 Å². The Labute approximate surface area is 113 Å². The monoisotopic (exact) mass is 255 g/mol.